The second-order valence-electron chi connectivity index (χ2n) is 6.88. The molecule has 0 saturated carbocycles. The second-order valence-corrected chi connectivity index (χ2v) is 6.88. The van der Waals surface area contributed by atoms with Crippen LogP contribution in [0.1, 0.15) is 52.7 Å². The molecule has 28 heavy (non-hydrogen) atoms. The average Bonchev–Trinajstić information content (AvgIpc) is 2.70. The summed E-state index contributed by atoms with van der Waals surface area (Å²) < 4.78 is 29.3. The molecule has 0 spiro atoms. The van der Waals surface area contributed by atoms with Crippen LogP contribution in [0.25, 0.3) is 0 Å². The van der Waals surface area contributed by atoms with Gasteiger partial charge < -0.3 is 10.1 Å². The summed E-state index contributed by atoms with van der Waals surface area (Å²) >= 11 is 0. The van der Waals surface area contributed by atoms with Crippen LogP contribution in [-0.4, -0.2) is 18.3 Å². The molecule has 1 aliphatic carbocycles. The number of aryl methyl sites for hydroxylation is 2. The summed E-state index contributed by atoms with van der Waals surface area (Å²) in [5.74, 6) is -0.342. The number of halogens is 2. The minimum absolute atomic E-state index is 0.0305. The molecule has 6 heteroatoms. The third kappa shape index (κ3) is 5.38. The third-order valence-electron chi connectivity index (χ3n) is 4.91. The zero-order valence-corrected chi connectivity index (χ0v) is 15.5. The van der Waals surface area contributed by atoms with Gasteiger partial charge in [-0.25, -0.2) is 0 Å². The largest absolute Gasteiger partial charge is 0.434 e. The fourth-order valence-electron chi connectivity index (χ4n) is 3.42. The fourth-order valence-corrected chi connectivity index (χ4v) is 3.42. The van der Waals surface area contributed by atoms with Crippen molar-refractivity contribution < 1.29 is 23.1 Å². The minimum Gasteiger partial charge on any atom is -0.434 e. The van der Waals surface area contributed by atoms with Crippen molar-refractivity contribution in [3.63, 3.8) is 0 Å². The molecule has 0 radical (unpaired) electrons. The maximum absolute atomic E-state index is 12.4. The number of ether oxygens (including phenoxy) is 1. The Kier molecular flexibility index (Phi) is 6.74. The molecule has 4 nitrogen and oxygen atoms in total. The molecule has 2 aromatic carbocycles. The molecule has 0 unspecified atom stereocenters. The molecule has 0 aromatic heterocycles. The number of carbonyl (C=O) groups is 2. The normalized spacial score (nSPS) is 13.1. The van der Waals surface area contributed by atoms with E-state index < -0.39 is 6.61 Å². The van der Waals surface area contributed by atoms with E-state index in [1.807, 2.05) is 18.2 Å². The van der Waals surface area contributed by atoms with Crippen molar-refractivity contribution in [2.75, 3.05) is 0 Å². The number of carbonyl (C=O) groups excluding carboxylic acids is 2. The third-order valence-corrected chi connectivity index (χ3v) is 4.91. The van der Waals surface area contributed by atoms with Crippen LogP contribution in [-0.2, 0) is 24.2 Å². The Balaban J connectivity index is 1.50. The van der Waals surface area contributed by atoms with E-state index in [1.54, 1.807) is 18.2 Å². The predicted molar refractivity (Wildman–Crippen MR) is 102 cm³/mol. The van der Waals surface area contributed by atoms with E-state index in [0.29, 0.717) is 11.1 Å². The van der Waals surface area contributed by atoms with Crippen molar-refractivity contribution in [3.8, 4) is 5.75 Å². The van der Waals surface area contributed by atoms with Crippen molar-refractivity contribution in [2.24, 2.45) is 0 Å². The van der Waals surface area contributed by atoms with Gasteiger partial charge in [0, 0.05) is 30.5 Å². The second kappa shape index (κ2) is 9.44. The van der Waals surface area contributed by atoms with Gasteiger partial charge in [-0.15, -0.1) is 0 Å². The van der Waals surface area contributed by atoms with Crippen LogP contribution in [0.5, 0.6) is 5.75 Å². The molecule has 1 aliphatic rings. The highest BCUT2D eigenvalue weighted by Gasteiger charge is 2.15. The van der Waals surface area contributed by atoms with Crippen LogP contribution < -0.4 is 10.1 Å². The van der Waals surface area contributed by atoms with Crippen LogP contribution in [0, 0.1) is 0 Å². The first-order valence-corrected chi connectivity index (χ1v) is 9.47. The summed E-state index contributed by atoms with van der Waals surface area (Å²) in [5.41, 5.74) is 3.64. The first-order valence-electron chi connectivity index (χ1n) is 9.47. The van der Waals surface area contributed by atoms with Crippen LogP contribution in [0.2, 0.25) is 0 Å². The summed E-state index contributed by atoms with van der Waals surface area (Å²) in [6.07, 6.45) is 4.54. The molecule has 148 valence electrons. The molecule has 0 saturated heterocycles. The fraction of sp³-hybridized carbons (Fsp3) is 0.364. The predicted octanol–water partition coefficient (Wildman–Crippen LogP) is 4.45. The summed E-state index contributed by atoms with van der Waals surface area (Å²) in [5, 5.41) is 2.65. The van der Waals surface area contributed by atoms with Gasteiger partial charge in [0.15, 0.2) is 5.78 Å². The Labute approximate surface area is 162 Å². The summed E-state index contributed by atoms with van der Waals surface area (Å²) in [6.45, 7) is -2.86. The summed E-state index contributed by atoms with van der Waals surface area (Å²) in [7, 11) is 0. The summed E-state index contributed by atoms with van der Waals surface area (Å²) in [4.78, 5) is 24.5. The topological polar surface area (TPSA) is 55.4 Å². The molecule has 3 rings (SSSR count). The van der Waals surface area contributed by atoms with Crippen LogP contribution in [0.4, 0.5) is 8.78 Å². The van der Waals surface area contributed by atoms with Crippen molar-refractivity contribution in [3.05, 3.63) is 64.7 Å². The number of fused-ring (bicyclic) bond motifs is 1. The Hall–Kier alpha value is -2.76. The van der Waals surface area contributed by atoms with E-state index in [0.717, 1.165) is 19.3 Å². The molecule has 2 aromatic rings. The maximum atomic E-state index is 12.4. The van der Waals surface area contributed by atoms with E-state index in [4.69, 9.17) is 0 Å². The van der Waals surface area contributed by atoms with Gasteiger partial charge in [-0.05, 0) is 48.9 Å². The first kappa shape index (κ1) is 20.0. The van der Waals surface area contributed by atoms with Gasteiger partial charge in [-0.3, -0.25) is 9.59 Å². The van der Waals surface area contributed by atoms with Gasteiger partial charge in [-0.1, -0.05) is 30.3 Å². The monoisotopic (exact) mass is 387 g/mol. The van der Waals surface area contributed by atoms with Crippen LogP contribution >= 0.6 is 0 Å². The van der Waals surface area contributed by atoms with Gasteiger partial charge in [0.2, 0.25) is 5.91 Å². The first-order chi connectivity index (χ1) is 13.5. The minimum atomic E-state index is -2.92. The molecule has 0 bridgehead atoms. The zero-order chi connectivity index (χ0) is 19.9. The molecule has 0 heterocycles. The number of rotatable bonds is 8. The number of hydrogen-bond donors (Lipinski definition) is 1. The van der Waals surface area contributed by atoms with E-state index in [-0.39, 0.29) is 36.8 Å². The van der Waals surface area contributed by atoms with E-state index >= 15 is 0 Å². The SMILES string of the molecule is O=C(CCC(=O)c1ccc2c(c1)CCCC2)NCc1ccccc1OC(F)F. The lowest BCUT2D eigenvalue weighted by molar-refractivity contribution is -0.121. The Morgan fingerprint density at radius 2 is 1.75 bits per heavy atom. The molecule has 0 aliphatic heterocycles. The number of para-hydroxylation sites is 1. The molecular formula is C22H23F2NO3. The zero-order valence-electron chi connectivity index (χ0n) is 15.5. The molecular weight excluding hydrogens is 364 g/mol. The van der Waals surface area contributed by atoms with Crippen LogP contribution in [0.15, 0.2) is 42.5 Å². The summed E-state index contributed by atoms with van der Waals surface area (Å²) in [6, 6.07) is 12.1. The highest BCUT2D eigenvalue weighted by Crippen LogP contribution is 2.23. The quantitative estimate of drug-likeness (QED) is 0.681. The number of Topliss-reactive ketones (excluding diaryl/α,β-unsaturated/α-hetero) is 1. The number of hydrogen-bond acceptors (Lipinski definition) is 3. The number of nitrogens with one attached hydrogen (secondary N) is 1. The van der Waals surface area contributed by atoms with Crippen molar-refractivity contribution in [1.29, 1.82) is 0 Å². The van der Waals surface area contributed by atoms with Crippen molar-refractivity contribution >= 4 is 11.7 Å². The standard InChI is InChI=1S/C22H23F2NO3/c23-22(24)28-20-8-4-3-7-18(20)14-25-21(27)12-11-19(26)17-10-9-15-5-1-2-6-16(15)13-17/h3-4,7-10,13,22H,1-2,5-6,11-12,14H2,(H,25,27). The molecule has 0 fully saturated rings. The van der Waals surface area contributed by atoms with Crippen LogP contribution in [0.3, 0.4) is 0 Å². The van der Waals surface area contributed by atoms with Crippen molar-refractivity contribution in [2.45, 2.75) is 51.7 Å². The number of amides is 1. The highest BCUT2D eigenvalue weighted by molar-refractivity contribution is 5.98. The van der Waals surface area contributed by atoms with Gasteiger partial charge in [0.05, 0.1) is 0 Å². The highest BCUT2D eigenvalue weighted by atomic mass is 19.3. The maximum Gasteiger partial charge on any atom is 0.387 e. The van der Waals surface area contributed by atoms with Gasteiger partial charge in [0.25, 0.3) is 0 Å². The number of benzene rings is 2. The van der Waals surface area contributed by atoms with Gasteiger partial charge in [-0.2, -0.15) is 8.78 Å². The van der Waals surface area contributed by atoms with E-state index in [2.05, 4.69) is 10.1 Å². The number of alkyl halides is 2. The Morgan fingerprint density at radius 1 is 1.00 bits per heavy atom. The lowest BCUT2D eigenvalue weighted by atomic mass is 9.89. The molecule has 0 atom stereocenters. The van der Waals surface area contributed by atoms with E-state index in [9.17, 15) is 18.4 Å². The van der Waals surface area contributed by atoms with E-state index in [1.165, 1.54) is 23.6 Å². The molecule has 1 amide bonds. The smallest absolute Gasteiger partial charge is 0.387 e. The van der Waals surface area contributed by atoms with Gasteiger partial charge >= 0.3 is 6.61 Å². The Morgan fingerprint density at radius 3 is 2.54 bits per heavy atom. The molecule has 1 N–H and O–H groups in total. The lowest BCUT2D eigenvalue weighted by Gasteiger charge is -2.16. The Bertz CT molecular complexity index is 851. The van der Waals surface area contributed by atoms with Crippen molar-refractivity contribution in [1.82, 2.24) is 5.32 Å². The average molecular weight is 387 g/mol. The number of ketones is 1. The van der Waals surface area contributed by atoms with Gasteiger partial charge in [0.1, 0.15) is 5.75 Å². The lowest BCUT2D eigenvalue weighted by Crippen LogP contribution is -2.23.